The molecular formula is C10H7ClN2O3. The molecule has 0 aliphatic carbocycles. The number of carboxylic acid groups (broad SMARTS) is 1. The molecule has 2 rings (SSSR count). The molecule has 0 saturated heterocycles. The van der Waals surface area contributed by atoms with Gasteiger partial charge in [-0.05, 0) is 18.6 Å². The average molecular weight is 239 g/mol. The Labute approximate surface area is 95.7 Å². The highest BCUT2D eigenvalue weighted by Crippen LogP contribution is 2.22. The lowest BCUT2D eigenvalue weighted by molar-refractivity contribution is 0.0652. The SMILES string of the molecule is Cc1cc(-c2cc(C(=O)O)on2)cnc1Cl. The van der Waals surface area contributed by atoms with Crippen molar-refractivity contribution >= 4 is 17.6 Å². The van der Waals surface area contributed by atoms with E-state index in [1.54, 1.807) is 13.0 Å². The smallest absolute Gasteiger partial charge is 0.374 e. The third kappa shape index (κ3) is 1.90. The van der Waals surface area contributed by atoms with Crippen molar-refractivity contribution in [1.82, 2.24) is 10.1 Å². The van der Waals surface area contributed by atoms with Gasteiger partial charge in [0.15, 0.2) is 0 Å². The number of halogens is 1. The number of hydrogen-bond donors (Lipinski definition) is 1. The Hall–Kier alpha value is -1.88. The monoisotopic (exact) mass is 238 g/mol. The lowest BCUT2D eigenvalue weighted by Gasteiger charge is -1.98. The van der Waals surface area contributed by atoms with E-state index in [0.29, 0.717) is 16.4 Å². The third-order valence-electron chi connectivity index (χ3n) is 2.03. The van der Waals surface area contributed by atoms with Crippen LogP contribution < -0.4 is 0 Å². The van der Waals surface area contributed by atoms with Crippen molar-refractivity contribution in [3.63, 3.8) is 0 Å². The van der Waals surface area contributed by atoms with Gasteiger partial charge in [-0.15, -0.1) is 0 Å². The number of pyridine rings is 1. The van der Waals surface area contributed by atoms with Gasteiger partial charge in [-0.1, -0.05) is 16.8 Å². The molecule has 0 saturated carbocycles. The van der Waals surface area contributed by atoms with Gasteiger partial charge in [0.2, 0.25) is 5.76 Å². The van der Waals surface area contributed by atoms with Gasteiger partial charge in [0, 0.05) is 17.8 Å². The van der Waals surface area contributed by atoms with Gasteiger partial charge in [-0.25, -0.2) is 9.78 Å². The van der Waals surface area contributed by atoms with Crippen LogP contribution in [0.4, 0.5) is 0 Å². The van der Waals surface area contributed by atoms with E-state index in [1.807, 2.05) is 0 Å². The molecule has 0 spiro atoms. The van der Waals surface area contributed by atoms with Crippen LogP contribution in [0.2, 0.25) is 5.15 Å². The predicted molar refractivity (Wildman–Crippen MR) is 56.4 cm³/mol. The molecule has 0 aliphatic rings. The maximum absolute atomic E-state index is 10.6. The molecule has 0 fully saturated rings. The van der Waals surface area contributed by atoms with Crippen molar-refractivity contribution in [1.29, 1.82) is 0 Å². The molecule has 0 atom stereocenters. The van der Waals surface area contributed by atoms with Crippen LogP contribution in [0.1, 0.15) is 16.1 Å². The first-order valence-electron chi connectivity index (χ1n) is 4.40. The fourth-order valence-electron chi connectivity index (χ4n) is 1.21. The molecule has 2 aromatic heterocycles. The van der Waals surface area contributed by atoms with E-state index >= 15 is 0 Å². The minimum Gasteiger partial charge on any atom is -0.475 e. The van der Waals surface area contributed by atoms with Crippen molar-refractivity contribution in [2.45, 2.75) is 6.92 Å². The molecule has 2 aromatic rings. The zero-order chi connectivity index (χ0) is 11.7. The fourth-order valence-corrected chi connectivity index (χ4v) is 1.31. The fraction of sp³-hybridized carbons (Fsp3) is 0.100. The maximum atomic E-state index is 10.6. The van der Waals surface area contributed by atoms with Gasteiger partial charge in [0.05, 0.1) is 0 Å². The van der Waals surface area contributed by atoms with E-state index in [4.69, 9.17) is 16.7 Å². The van der Waals surface area contributed by atoms with Crippen LogP contribution in [0.3, 0.4) is 0 Å². The van der Waals surface area contributed by atoms with Crippen LogP contribution in [0.25, 0.3) is 11.3 Å². The zero-order valence-corrected chi connectivity index (χ0v) is 9.02. The summed E-state index contributed by atoms with van der Waals surface area (Å²) in [6.45, 7) is 1.80. The van der Waals surface area contributed by atoms with Crippen molar-refractivity contribution < 1.29 is 14.4 Å². The van der Waals surface area contributed by atoms with Gasteiger partial charge in [-0.3, -0.25) is 0 Å². The van der Waals surface area contributed by atoms with Gasteiger partial charge < -0.3 is 9.63 Å². The van der Waals surface area contributed by atoms with Crippen LogP contribution >= 0.6 is 11.6 Å². The summed E-state index contributed by atoms with van der Waals surface area (Å²) < 4.78 is 4.64. The molecule has 0 unspecified atom stereocenters. The minimum absolute atomic E-state index is 0.206. The Morgan fingerprint density at radius 2 is 2.25 bits per heavy atom. The first kappa shape index (κ1) is 10.6. The van der Waals surface area contributed by atoms with Crippen molar-refractivity contribution in [3.05, 3.63) is 34.8 Å². The summed E-state index contributed by atoms with van der Waals surface area (Å²) in [7, 11) is 0. The Balaban J connectivity index is 2.42. The maximum Gasteiger partial charge on any atom is 0.374 e. The number of carbonyl (C=O) groups is 1. The van der Waals surface area contributed by atoms with E-state index in [0.717, 1.165) is 5.56 Å². The summed E-state index contributed by atoms with van der Waals surface area (Å²) in [4.78, 5) is 14.5. The Morgan fingerprint density at radius 1 is 1.50 bits per heavy atom. The van der Waals surface area contributed by atoms with Crippen molar-refractivity contribution in [2.75, 3.05) is 0 Å². The van der Waals surface area contributed by atoms with E-state index in [1.165, 1.54) is 12.3 Å². The summed E-state index contributed by atoms with van der Waals surface area (Å²) in [5.74, 6) is -1.36. The second kappa shape index (κ2) is 3.94. The van der Waals surface area contributed by atoms with Crippen LogP contribution in [0, 0.1) is 6.92 Å². The van der Waals surface area contributed by atoms with Crippen molar-refractivity contribution in [3.8, 4) is 11.3 Å². The molecule has 2 heterocycles. The Kier molecular flexibility index (Phi) is 2.62. The number of hydrogen-bond acceptors (Lipinski definition) is 4. The third-order valence-corrected chi connectivity index (χ3v) is 2.43. The van der Waals surface area contributed by atoms with E-state index in [9.17, 15) is 4.79 Å². The van der Waals surface area contributed by atoms with E-state index < -0.39 is 5.97 Å². The van der Waals surface area contributed by atoms with Gasteiger partial charge in [-0.2, -0.15) is 0 Å². The lowest BCUT2D eigenvalue weighted by Crippen LogP contribution is -1.91. The normalized spacial score (nSPS) is 10.4. The van der Waals surface area contributed by atoms with E-state index in [2.05, 4.69) is 14.7 Å². The second-order valence-corrected chi connectivity index (χ2v) is 3.57. The Bertz CT molecular complexity index is 551. The molecule has 0 bridgehead atoms. The summed E-state index contributed by atoms with van der Waals surface area (Å²) >= 11 is 5.77. The van der Waals surface area contributed by atoms with Crippen LogP contribution in [0.15, 0.2) is 22.9 Å². The molecule has 0 amide bonds. The first-order valence-corrected chi connectivity index (χ1v) is 4.78. The van der Waals surface area contributed by atoms with Crippen LogP contribution in [-0.4, -0.2) is 21.2 Å². The number of aryl methyl sites for hydroxylation is 1. The minimum atomic E-state index is -1.16. The first-order chi connectivity index (χ1) is 7.58. The summed E-state index contributed by atoms with van der Waals surface area (Å²) in [6, 6.07) is 3.10. The number of carboxylic acids is 1. The molecule has 0 aliphatic heterocycles. The predicted octanol–water partition coefficient (Wildman–Crippen LogP) is 2.40. The quantitative estimate of drug-likeness (QED) is 0.813. The standard InChI is InChI=1S/C10H7ClN2O3/c1-5-2-6(4-12-9(5)11)7-3-8(10(14)15)16-13-7/h2-4H,1H3,(H,14,15). The lowest BCUT2D eigenvalue weighted by atomic mass is 10.1. The summed E-state index contributed by atoms with van der Waals surface area (Å²) in [5.41, 5.74) is 1.88. The summed E-state index contributed by atoms with van der Waals surface area (Å²) in [6.07, 6.45) is 1.51. The van der Waals surface area contributed by atoms with Crippen molar-refractivity contribution in [2.24, 2.45) is 0 Å². The van der Waals surface area contributed by atoms with Gasteiger partial charge >= 0.3 is 5.97 Å². The molecule has 6 heteroatoms. The molecule has 5 nitrogen and oxygen atoms in total. The highest BCUT2D eigenvalue weighted by molar-refractivity contribution is 6.30. The molecule has 16 heavy (non-hydrogen) atoms. The van der Waals surface area contributed by atoms with Crippen LogP contribution in [-0.2, 0) is 0 Å². The number of rotatable bonds is 2. The van der Waals surface area contributed by atoms with Gasteiger partial charge in [0.25, 0.3) is 0 Å². The highest BCUT2D eigenvalue weighted by atomic mass is 35.5. The highest BCUT2D eigenvalue weighted by Gasteiger charge is 2.13. The second-order valence-electron chi connectivity index (χ2n) is 3.21. The number of aromatic carboxylic acids is 1. The molecule has 0 aromatic carbocycles. The zero-order valence-electron chi connectivity index (χ0n) is 8.27. The molecular weight excluding hydrogens is 232 g/mol. The number of aromatic nitrogens is 2. The largest absolute Gasteiger partial charge is 0.475 e. The topological polar surface area (TPSA) is 76.2 Å². The average Bonchev–Trinajstić information content (AvgIpc) is 2.71. The van der Waals surface area contributed by atoms with Crippen LogP contribution in [0.5, 0.6) is 0 Å². The molecule has 0 radical (unpaired) electrons. The molecule has 82 valence electrons. The Morgan fingerprint density at radius 3 is 2.81 bits per heavy atom. The van der Waals surface area contributed by atoms with Gasteiger partial charge in [0.1, 0.15) is 10.8 Å². The summed E-state index contributed by atoms with van der Waals surface area (Å²) in [5, 5.41) is 12.7. The molecule has 1 N–H and O–H groups in total. The number of nitrogens with zero attached hydrogens (tertiary/aromatic N) is 2. The van der Waals surface area contributed by atoms with E-state index in [-0.39, 0.29) is 5.76 Å².